The van der Waals surface area contributed by atoms with Crippen molar-refractivity contribution in [2.45, 2.75) is 32.4 Å². The lowest BCUT2D eigenvalue weighted by Gasteiger charge is -2.17. The Morgan fingerprint density at radius 3 is 2.53 bits per heavy atom. The Morgan fingerprint density at radius 2 is 2.00 bits per heavy atom. The van der Waals surface area contributed by atoms with Gasteiger partial charge in [-0.2, -0.15) is 0 Å². The molecule has 1 rings (SSSR count). The maximum atomic E-state index is 11.4. The SMILES string of the molecule is CC(C)OC(=O)NC(CN)Cc1ccccc1. The fraction of sp³-hybridized carbons (Fsp3) is 0.462. The van der Waals surface area contributed by atoms with Crippen LogP contribution < -0.4 is 11.1 Å². The van der Waals surface area contributed by atoms with E-state index in [1.807, 2.05) is 44.2 Å². The normalized spacial score (nSPS) is 12.2. The number of ether oxygens (including phenoxy) is 1. The summed E-state index contributed by atoms with van der Waals surface area (Å²) in [6.07, 6.45) is 0.182. The maximum absolute atomic E-state index is 11.4. The van der Waals surface area contributed by atoms with E-state index >= 15 is 0 Å². The second kappa shape index (κ2) is 6.91. The molecular weight excluding hydrogens is 216 g/mol. The van der Waals surface area contributed by atoms with Crippen LogP contribution in [0.1, 0.15) is 19.4 Å². The topological polar surface area (TPSA) is 64.3 Å². The van der Waals surface area contributed by atoms with Crippen LogP contribution in [-0.4, -0.2) is 24.8 Å². The van der Waals surface area contributed by atoms with Gasteiger partial charge in [0, 0.05) is 12.6 Å². The van der Waals surface area contributed by atoms with Crippen molar-refractivity contribution in [1.82, 2.24) is 5.32 Å². The summed E-state index contributed by atoms with van der Waals surface area (Å²) >= 11 is 0. The van der Waals surface area contributed by atoms with Crippen LogP contribution in [0.5, 0.6) is 0 Å². The predicted molar refractivity (Wildman–Crippen MR) is 67.7 cm³/mol. The van der Waals surface area contributed by atoms with Crippen molar-refractivity contribution in [3.05, 3.63) is 35.9 Å². The van der Waals surface area contributed by atoms with Crippen molar-refractivity contribution in [3.63, 3.8) is 0 Å². The highest BCUT2D eigenvalue weighted by atomic mass is 16.6. The molecule has 1 aromatic carbocycles. The van der Waals surface area contributed by atoms with Crippen molar-refractivity contribution in [2.75, 3.05) is 6.54 Å². The minimum absolute atomic E-state index is 0.0938. The van der Waals surface area contributed by atoms with Crippen LogP contribution in [0, 0.1) is 0 Å². The molecule has 1 aromatic rings. The Balaban J connectivity index is 2.46. The third-order valence-corrected chi connectivity index (χ3v) is 2.27. The summed E-state index contributed by atoms with van der Waals surface area (Å²) in [4.78, 5) is 11.4. The molecule has 17 heavy (non-hydrogen) atoms. The number of hydrogen-bond donors (Lipinski definition) is 2. The highest BCUT2D eigenvalue weighted by molar-refractivity contribution is 5.67. The van der Waals surface area contributed by atoms with Crippen LogP contribution in [0.3, 0.4) is 0 Å². The van der Waals surface area contributed by atoms with E-state index in [0.717, 1.165) is 5.56 Å². The molecular formula is C13H20N2O2. The van der Waals surface area contributed by atoms with Crippen LogP contribution >= 0.6 is 0 Å². The van der Waals surface area contributed by atoms with Crippen LogP contribution in [0.4, 0.5) is 4.79 Å². The van der Waals surface area contributed by atoms with Gasteiger partial charge in [0.1, 0.15) is 0 Å². The molecule has 0 bridgehead atoms. The van der Waals surface area contributed by atoms with Gasteiger partial charge in [-0.15, -0.1) is 0 Å². The predicted octanol–water partition coefficient (Wildman–Crippen LogP) is 1.69. The quantitative estimate of drug-likeness (QED) is 0.817. The lowest BCUT2D eigenvalue weighted by atomic mass is 10.1. The van der Waals surface area contributed by atoms with E-state index in [2.05, 4.69) is 5.32 Å². The Labute approximate surface area is 102 Å². The smallest absolute Gasteiger partial charge is 0.407 e. The average Bonchev–Trinajstić information content (AvgIpc) is 2.28. The second-order valence-electron chi connectivity index (χ2n) is 4.22. The molecule has 3 N–H and O–H groups in total. The van der Waals surface area contributed by atoms with Crippen LogP contribution in [0.2, 0.25) is 0 Å². The summed E-state index contributed by atoms with van der Waals surface area (Å²) in [5.41, 5.74) is 6.78. The molecule has 1 unspecified atom stereocenters. The third kappa shape index (κ3) is 5.36. The molecule has 4 heteroatoms. The molecule has 0 saturated heterocycles. The summed E-state index contributed by atoms with van der Waals surface area (Å²) < 4.78 is 5.01. The van der Waals surface area contributed by atoms with E-state index in [4.69, 9.17) is 10.5 Å². The number of hydrogen-bond acceptors (Lipinski definition) is 3. The fourth-order valence-electron chi connectivity index (χ4n) is 1.51. The first kappa shape index (κ1) is 13.5. The summed E-state index contributed by atoms with van der Waals surface area (Å²) in [7, 11) is 0. The summed E-state index contributed by atoms with van der Waals surface area (Å²) in [5, 5.41) is 2.76. The number of nitrogens with two attached hydrogens (primary N) is 1. The Bertz CT molecular complexity index is 339. The third-order valence-electron chi connectivity index (χ3n) is 2.27. The van der Waals surface area contributed by atoms with Crippen molar-refractivity contribution in [2.24, 2.45) is 5.73 Å². The first-order valence-electron chi connectivity index (χ1n) is 5.83. The lowest BCUT2D eigenvalue weighted by Crippen LogP contribution is -2.42. The number of amides is 1. The standard InChI is InChI=1S/C13H20N2O2/c1-10(2)17-13(16)15-12(9-14)8-11-6-4-3-5-7-11/h3-7,10,12H,8-9,14H2,1-2H3,(H,15,16). The van der Waals surface area contributed by atoms with Crippen molar-refractivity contribution < 1.29 is 9.53 Å². The molecule has 0 aliphatic heterocycles. The van der Waals surface area contributed by atoms with Gasteiger partial charge in [0.25, 0.3) is 0 Å². The molecule has 0 aliphatic carbocycles. The zero-order valence-corrected chi connectivity index (χ0v) is 10.3. The molecule has 0 saturated carbocycles. The molecule has 4 nitrogen and oxygen atoms in total. The lowest BCUT2D eigenvalue weighted by molar-refractivity contribution is 0.112. The van der Waals surface area contributed by atoms with E-state index in [9.17, 15) is 4.79 Å². The highest BCUT2D eigenvalue weighted by Gasteiger charge is 2.12. The van der Waals surface area contributed by atoms with Crippen molar-refractivity contribution in [1.29, 1.82) is 0 Å². The Kier molecular flexibility index (Phi) is 5.49. The second-order valence-corrected chi connectivity index (χ2v) is 4.22. The largest absolute Gasteiger partial charge is 0.447 e. The van der Waals surface area contributed by atoms with Crippen LogP contribution in [-0.2, 0) is 11.2 Å². The number of benzene rings is 1. The Hall–Kier alpha value is -1.55. The number of alkyl carbamates (subject to hydrolysis) is 1. The van der Waals surface area contributed by atoms with E-state index < -0.39 is 6.09 Å². The molecule has 94 valence electrons. The maximum Gasteiger partial charge on any atom is 0.407 e. The number of carbonyl (C=O) groups is 1. The van der Waals surface area contributed by atoms with E-state index in [-0.39, 0.29) is 12.1 Å². The van der Waals surface area contributed by atoms with E-state index in [1.165, 1.54) is 0 Å². The van der Waals surface area contributed by atoms with E-state index in [0.29, 0.717) is 13.0 Å². The first-order valence-corrected chi connectivity index (χ1v) is 5.83. The minimum atomic E-state index is -0.411. The van der Waals surface area contributed by atoms with Gasteiger partial charge >= 0.3 is 6.09 Å². The van der Waals surface area contributed by atoms with Gasteiger partial charge in [-0.1, -0.05) is 30.3 Å². The van der Waals surface area contributed by atoms with Gasteiger partial charge in [-0.25, -0.2) is 4.79 Å². The van der Waals surface area contributed by atoms with Gasteiger partial charge in [0.15, 0.2) is 0 Å². The number of rotatable bonds is 5. The molecule has 0 spiro atoms. The van der Waals surface area contributed by atoms with Crippen molar-refractivity contribution in [3.8, 4) is 0 Å². The Morgan fingerprint density at radius 1 is 1.35 bits per heavy atom. The average molecular weight is 236 g/mol. The summed E-state index contributed by atoms with van der Waals surface area (Å²) in [6, 6.07) is 9.83. The molecule has 0 aliphatic rings. The zero-order chi connectivity index (χ0) is 12.7. The fourth-order valence-corrected chi connectivity index (χ4v) is 1.51. The molecule has 1 amide bonds. The molecule has 0 radical (unpaired) electrons. The molecule has 0 fully saturated rings. The van der Waals surface area contributed by atoms with Crippen LogP contribution in [0.15, 0.2) is 30.3 Å². The summed E-state index contributed by atoms with van der Waals surface area (Å²) in [5.74, 6) is 0. The van der Waals surface area contributed by atoms with Gasteiger partial charge in [-0.05, 0) is 25.8 Å². The highest BCUT2D eigenvalue weighted by Crippen LogP contribution is 2.03. The van der Waals surface area contributed by atoms with Gasteiger partial charge < -0.3 is 15.8 Å². The van der Waals surface area contributed by atoms with Gasteiger partial charge in [0.2, 0.25) is 0 Å². The molecule has 0 aromatic heterocycles. The van der Waals surface area contributed by atoms with Crippen LogP contribution in [0.25, 0.3) is 0 Å². The van der Waals surface area contributed by atoms with Gasteiger partial charge in [0.05, 0.1) is 6.10 Å². The zero-order valence-electron chi connectivity index (χ0n) is 10.3. The summed E-state index contributed by atoms with van der Waals surface area (Å²) in [6.45, 7) is 4.02. The number of carbonyl (C=O) groups excluding carboxylic acids is 1. The van der Waals surface area contributed by atoms with Gasteiger partial charge in [-0.3, -0.25) is 0 Å². The first-order chi connectivity index (χ1) is 8.11. The molecule has 0 heterocycles. The monoisotopic (exact) mass is 236 g/mol. The van der Waals surface area contributed by atoms with E-state index in [1.54, 1.807) is 0 Å². The van der Waals surface area contributed by atoms with Crippen molar-refractivity contribution >= 4 is 6.09 Å². The molecule has 1 atom stereocenters. The number of nitrogens with one attached hydrogen (secondary N) is 1. The minimum Gasteiger partial charge on any atom is -0.447 e.